The summed E-state index contributed by atoms with van der Waals surface area (Å²) in [6, 6.07) is 10.6. The molecule has 7 nitrogen and oxygen atoms in total. The number of rotatable bonds is 6. The van der Waals surface area contributed by atoms with Crippen LogP contribution >= 0.6 is 0 Å². The number of anilines is 1. The number of aryl methyl sites for hydroxylation is 1. The first-order valence-corrected chi connectivity index (χ1v) is 9.34. The molecule has 2 aromatic rings. The smallest absolute Gasteiger partial charge is 0.303 e. The fraction of sp³-hybridized carbons (Fsp3) is 0.333. The molecule has 1 fully saturated rings. The first-order chi connectivity index (χ1) is 13.5. The number of nitrogens with zero attached hydrogens (tertiary/aromatic N) is 2. The van der Waals surface area contributed by atoms with Gasteiger partial charge in [-0.15, -0.1) is 0 Å². The van der Waals surface area contributed by atoms with Crippen LogP contribution < -0.4 is 5.32 Å². The van der Waals surface area contributed by atoms with Crippen molar-refractivity contribution in [3.63, 3.8) is 0 Å². The number of hydrogen-bond donors (Lipinski definition) is 2. The zero-order valence-corrected chi connectivity index (χ0v) is 15.5. The molecular weight excluding hydrogens is 358 g/mol. The van der Waals surface area contributed by atoms with E-state index in [0.29, 0.717) is 30.8 Å². The second-order valence-electron chi connectivity index (χ2n) is 6.91. The Hall–Kier alpha value is -3.22. The molecule has 2 N–H and O–H groups in total. The molecule has 2 heterocycles. The van der Waals surface area contributed by atoms with Crippen LogP contribution in [0, 0.1) is 5.92 Å². The van der Waals surface area contributed by atoms with Crippen molar-refractivity contribution in [1.29, 1.82) is 0 Å². The minimum atomic E-state index is -0.851. The highest BCUT2D eigenvalue weighted by Crippen LogP contribution is 2.21. The Bertz CT molecular complexity index is 854. The van der Waals surface area contributed by atoms with Crippen LogP contribution in [0.2, 0.25) is 0 Å². The van der Waals surface area contributed by atoms with Gasteiger partial charge in [0.25, 0.3) is 5.91 Å². The number of carboxylic acids is 1. The number of pyridine rings is 1. The van der Waals surface area contributed by atoms with E-state index in [9.17, 15) is 14.4 Å². The number of hydrogen-bond acceptors (Lipinski definition) is 4. The van der Waals surface area contributed by atoms with Gasteiger partial charge in [0.2, 0.25) is 5.91 Å². The van der Waals surface area contributed by atoms with Crippen LogP contribution in [0.5, 0.6) is 0 Å². The number of amides is 2. The van der Waals surface area contributed by atoms with Gasteiger partial charge in [0.1, 0.15) is 0 Å². The van der Waals surface area contributed by atoms with Gasteiger partial charge in [-0.05, 0) is 49.1 Å². The SMILES string of the molecule is O=C(O)CCc1cccc(NC(=O)C2CCCN(C(=O)c3ccncc3)C2)c1. The van der Waals surface area contributed by atoms with Gasteiger partial charge >= 0.3 is 5.97 Å². The minimum Gasteiger partial charge on any atom is -0.481 e. The molecular formula is C21H23N3O4. The average Bonchev–Trinajstić information content (AvgIpc) is 2.72. The van der Waals surface area contributed by atoms with Gasteiger partial charge in [-0.2, -0.15) is 0 Å². The maximum atomic E-state index is 12.7. The summed E-state index contributed by atoms with van der Waals surface area (Å²) in [4.78, 5) is 41.7. The Kier molecular flexibility index (Phi) is 6.37. The number of nitrogens with one attached hydrogen (secondary N) is 1. The Labute approximate surface area is 163 Å². The summed E-state index contributed by atoms with van der Waals surface area (Å²) in [5.41, 5.74) is 2.07. The van der Waals surface area contributed by atoms with Crippen LogP contribution in [-0.2, 0) is 16.0 Å². The molecule has 1 aliphatic heterocycles. The van der Waals surface area contributed by atoms with Gasteiger partial charge in [0.15, 0.2) is 0 Å². The van der Waals surface area contributed by atoms with Crippen LogP contribution in [0.15, 0.2) is 48.8 Å². The second kappa shape index (κ2) is 9.12. The predicted octanol–water partition coefficient (Wildman–Crippen LogP) is 2.59. The van der Waals surface area contributed by atoms with Crippen molar-refractivity contribution in [2.24, 2.45) is 5.92 Å². The Morgan fingerprint density at radius 3 is 2.71 bits per heavy atom. The molecule has 2 amide bonds. The number of carbonyl (C=O) groups excluding carboxylic acids is 2. The number of aliphatic carboxylic acids is 1. The van der Waals surface area contributed by atoms with Crippen molar-refractivity contribution in [3.05, 3.63) is 59.9 Å². The third-order valence-electron chi connectivity index (χ3n) is 4.83. The molecule has 0 saturated carbocycles. The fourth-order valence-corrected chi connectivity index (χ4v) is 3.35. The minimum absolute atomic E-state index is 0.0477. The molecule has 1 unspecified atom stereocenters. The Morgan fingerprint density at radius 1 is 1.18 bits per heavy atom. The standard InChI is InChI=1S/C21H23N3O4/c25-19(26)7-6-15-3-1-5-18(13-15)23-20(27)17-4-2-12-24(14-17)21(28)16-8-10-22-11-9-16/h1,3,5,8-11,13,17H,2,4,6-7,12,14H2,(H,23,27)(H,25,26). The maximum absolute atomic E-state index is 12.7. The summed E-state index contributed by atoms with van der Waals surface area (Å²) >= 11 is 0. The monoisotopic (exact) mass is 381 g/mol. The first-order valence-electron chi connectivity index (χ1n) is 9.34. The van der Waals surface area contributed by atoms with Crippen LogP contribution in [0.4, 0.5) is 5.69 Å². The van der Waals surface area contributed by atoms with E-state index < -0.39 is 5.97 Å². The Morgan fingerprint density at radius 2 is 1.96 bits per heavy atom. The highest BCUT2D eigenvalue weighted by molar-refractivity contribution is 5.96. The topological polar surface area (TPSA) is 99.6 Å². The molecule has 3 rings (SSSR count). The number of benzene rings is 1. The summed E-state index contributed by atoms with van der Waals surface area (Å²) in [5, 5.41) is 11.7. The lowest BCUT2D eigenvalue weighted by molar-refractivity contribution is -0.137. The van der Waals surface area contributed by atoms with Crippen molar-refractivity contribution in [3.8, 4) is 0 Å². The third kappa shape index (κ3) is 5.16. The van der Waals surface area contributed by atoms with Gasteiger partial charge in [-0.25, -0.2) is 0 Å². The van der Waals surface area contributed by atoms with E-state index >= 15 is 0 Å². The summed E-state index contributed by atoms with van der Waals surface area (Å²) in [7, 11) is 0. The summed E-state index contributed by atoms with van der Waals surface area (Å²) < 4.78 is 0. The molecule has 0 bridgehead atoms. The van der Waals surface area contributed by atoms with Gasteiger partial charge < -0.3 is 15.3 Å². The van der Waals surface area contributed by atoms with Crippen molar-refractivity contribution >= 4 is 23.5 Å². The van der Waals surface area contributed by atoms with Crippen molar-refractivity contribution in [2.45, 2.75) is 25.7 Å². The maximum Gasteiger partial charge on any atom is 0.303 e. The molecule has 1 aliphatic rings. The summed E-state index contributed by atoms with van der Waals surface area (Å²) in [6.45, 7) is 1.02. The van der Waals surface area contributed by atoms with Crippen molar-refractivity contribution in [1.82, 2.24) is 9.88 Å². The van der Waals surface area contributed by atoms with Crippen LogP contribution in [0.25, 0.3) is 0 Å². The van der Waals surface area contributed by atoms with E-state index in [1.165, 1.54) is 0 Å². The third-order valence-corrected chi connectivity index (χ3v) is 4.83. The Balaban J connectivity index is 1.60. The van der Waals surface area contributed by atoms with E-state index in [-0.39, 0.29) is 24.2 Å². The number of likely N-dealkylation sites (tertiary alicyclic amines) is 1. The van der Waals surface area contributed by atoms with E-state index in [2.05, 4.69) is 10.3 Å². The fourth-order valence-electron chi connectivity index (χ4n) is 3.35. The highest BCUT2D eigenvalue weighted by Gasteiger charge is 2.29. The molecule has 1 aromatic heterocycles. The lowest BCUT2D eigenvalue weighted by Gasteiger charge is -2.32. The zero-order chi connectivity index (χ0) is 19.9. The molecule has 1 saturated heterocycles. The normalized spacial score (nSPS) is 16.4. The molecule has 1 atom stereocenters. The van der Waals surface area contributed by atoms with Crippen LogP contribution in [0.1, 0.15) is 35.2 Å². The molecule has 28 heavy (non-hydrogen) atoms. The summed E-state index contributed by atoms with van der Waals surface area (Å²) in [5.74, 6) is -1.34. The van der Waals surface area contributed by atoms with E-state index in [1.807, 2.05) is 6.07 Å². The van der Waals surface area contributed by atoms with Crippen LogP contribution in [-0.4, -0.2) is 45.9 Å². The van der Waals surface area contributed by atoms with Crippen molar-refractivity contribution < 1.29 is 19.5 Å². The van der Waals surface area contributed by atoms with Gasteiger partial charge in [0.05, 0.1) is 5.92 Å². The van der Waals surface area contributed by atoms with E-state index in [1.54, 1.807) is 47.6 Å². The van der Waals surface area contributed by atoms with E-state index in [0.717, 1.165) is 18.4 Å². The zero-order valence-electron chi connectivity index (χ0n) is 15.5. The highest BCUT2D eigenvalue weighted by atomic mass is 16.4. The number of carboxylic acid groups (broad SMARTS) is 1. The van der Waals surface area contributed by atoms with Crippen LogP contribution in [0.3, 0.4) is 0 Å². The van der Waals surface area contributed by atoms with Gasteiger partial charge in [-0.1, -0.05) is 12.1 Å². The molecule has 146 valence electrons. The molecule has 0 aliphatic carbocycles. The first kappa shape index (κ1) is 19.5. The number of piperidine rings is 1. The molecule has 0 radical (unpaired) electrons. The molecule has 7 heteroatoms. The van der Waals surface area contributed by atoms with E-state index in [4.69, 9.17) is 5.11 Å². The second-order valence-corrected chi connectivity index (χ2v) is 6.91. The molecule has 1 aromatic carbocycles. The number of aromatic nitrogens is 1. The van der Waals surface area contributed by atoms with Gasteiger partial charge in [0, 0.05) is 43.2 Å². The molecule has 0 spiro atoms. The average molecular weight is 381 g/mol. The largest absolute Gasteiger partial charge is 0.481 e. The number of carbonyl (C=O) groups is 3. The predicted molar refractivity (Wildman–Crippen MR) is 104 cm³/mol. The van der Waals surface area contributed by atoms with Gasteiger partial charge in [-0.3, -0.25) is 19.4 Å². The quantitative estimate of drug-likeness (QED) is 0.801. The summed E-state index contributed by atoms with van der Waals surface area (Å²) in [6.07, 6.45) is 5.12. The van der Waals surface area contributed by atoms with Crippen molar-refractivity contribution in [2.75, 3.05) is 18.4 Å². The lowest BCUT2D eigenvalue weighted by atomic mass is 9.96. The lowest BCUT2D eigenvalue weighted by Crippen LogP contribution is -2.43.